The average molecular weight is 467 g/mol. The number of hydrogen-bond donors (Lipinski definition) is 1. The summed E-state index contributed by atoms with van der Waals surface area (Å²) in [7, 11) is -2.21. The SMILES string of the molecule is CC(=O)c1ccc(NC(=O)[C@H](C)Oc2ccc(N(C)S(=O)(=O)c3ccc(C)cc3)cc2)cc1. The zero-order valence-electron chi connectivity index (χ0n) is 18.9. The fraction of sp³-hybridized carbons (Fsp3) is 0.200. The van der Waals surface area contributed by atoms with Gasteiger partial charge in [0.05, 0.1) is 10.6 Å². The number of hydrogen-bond acceptors (Lipinski definition) is 5. The summed E-state index contributed by atoms with van der Waals surface area (Å²) in [5.74, 6) is 0.0218. The van der Waals surface area contributed by atoms with E-state index >= 15 is 0 Å². The van der Waals surface area contributed by atoms with Crippen LogP contribution in [0.5, 0.6) is 5.75 Å². The van der Waals surface area contributed by atoms with Crippen LogP contribution in [-0.2, 0) is 14.8 Å². The molecule has 0 bridgehead atoms. The first kappa shape index (κ1) is 24.0. The molecule has 7 nitrogen and oxygen atoms in total. The Morgan fingerprint density at radius 3 is 2.03 bits per heavy atom. The predicted octanol–water partition coefficient (Wildman–Crippen LogP) is 4.43. The van der Waals surface area contributed by atoms with Crippen LogP contribution in [0.2, 0.25) is 0 Å². The van der Waals surface area contributed by atoms with Gasteiger partial charge in [-0.1, -0.05) is 17.7 Å². The van der Waals surface area contributed by atoms with Gasteiger partial charge in [-0.25, -0.2) is 8.42 Å². The van der Waals surface area contributed by atoms with E-state index in [9.17, 15) is 18.0 Å². The molecule has 0 aliphatic carbocycles. The lowest BCUT2D eigenvalue weighted by Crippen LogP contribution is -2.30. The summed E-state index contributed by atoms with van der Waals surface area (Å²) in [6.07, 6.45) is -0.794. The summed E-state index contributed by atoms with van der Waals surface area (Å²) in [6, 6.07) is 19.7. The average Bonchev–Trinajstić information content (AvgIpc) is 2.79. The highest BCUT2D eigenvalue weighted by Gasteiger charge is 2.21. The highest BCUT2D eigenvalue weighted by Crippen LogP contribution is 2.25. The minimum Gasteiger partial charge on any atom is -0.481 e. The maximum absolute atomic E-state index is 12.9. The molecule has 33 heavy (non-hydrogen) atoms. The number of carbonyl (C=O) groups is 2. The van der Waals surface area contributed by atoms with Gasteiger partial charge in [0.25, 0.3) is 15.9 Å². The van der Waals surface area contributed by atoms with Gasteiger partial charge in [-0.05, 0) is 81.4 Å². The number of rotatable bonds is 8. The van der Waals surface area contributed by atoms with Crippen molar-refractivity contribution < 1.29 is 22.7 Å². The molecule has 172 valence electrons. The van der Waals surface area contributed by atoms with E-state index in [1.807, 2.05) is 6.92 Å². The van der Waals surface area contributed by atoms with Crippen LogP contribution in [0.3, 0.4) is 0 Å². The number of amides is 1. The number of sulfonamides is 1. The quantitative estimate of drug-likeness (QED) is 0.496. The Hall–Kier alpha value is -3.65. The third kappa shape index (κ3) is 5.78. The summed E-state index contributed by atoms with van der Waals surface area (Å²) in [6.45, 7) is 4.98. The highest BCUT2D eigenvalue weighted by molar-refractivity contribution is 7.92. The molecule has 0 aromatic heterocycles. The molecule has 3 aromatic carbocycles. The lowest BCUT2D eigenvalue weighted by molar-refractivity contribution is -0.122. The minimum absolute atomic E-state index is 0.0506. The van der Waals surface area contributed by atoms with Gasteiger partial charge in [0.2, 0.25) is 0 Å². The van der Waals surface area contributed by atoms with Crippen LogP contribution >= 0.6 is 0 Å². The van der Waals surface area contributed by atoms with Crippen LogP contribution in [0.15, 0.2) is 77.7 Å². The Morgan fingerprint density at radius 2 is 1.48 bits per heavy atom. The molecule has 3 aromatic rings. The Bertz CT molecular complexity index is 1240. The van der Waals surface area contributed by atoms with Crippen LogP contribution in [0.1, 0.15) is 29.8 Å². The van der Waals surface area contributed by atoms with Crippen LogP contribution < -0.4 is 14.4 Å². The van der Waals surface area contributed by atoms with Gasteiger partial charge in [0, 0.05) is 18.3 Å². The molecule has 0 spiro atoms. The molecule has 3 rings (SSSR count). The van der Waals surface area contributed by atoms with Gasteiger partial charge in [-0.15, -0.1) is 0 Å². The van der Waals surface area contributed by atoms with Crippen LogP contribution in [0.4, 0.5) is 11.4 Å². The lowest BCUT2D eigenvalue weighted by atomic mass is 10.1. The molecule has 1 atom stereocenters. The van der Waals surface area contributed by atoms with Crippen LogP contribution in [0, 0.1) is 6.92 Å². The van der Waals surface area contributed by atoms with Crippen molar-refractivity contribution in [2.75, 3.05) is 16.7 Å². The fourth-order valence-corrected chi connectivity index (χ4v) is 4.23. The second kappa shape index (κ2) is 9.87. The molecule has 1 N–H and O–H groups in total. The van der Waals surface area contributed by atoms with Crippen molar-refractivity contribution in [3.8, 4) is 5.75 Å². The van der Waals surface area contributed by atoms with Crippen molar-refractivity contribution in [2.45, 2.75) is 31.8 Å². The molecular formula is C25H26N2O5S. The topological polar surface area (TPSA) is 92.8 Å². The van der Waals surface area contributed by atoms with E-state index < -0.39 is 16.1 Å². The summed E-state index contributed by atoms with van der Waals surface area (Å²) < 4.78 is 32.6. The first-order chi connectivity index (χ1) is 15.6. The van der Waals surface area contributed by atoms with Crippen molar-refractivity contribution in [3.05, 3.63) is 83.9 Å². The van der Waals surface area contributed by atoms with Gasteiger partial charge in [-0.2, -0.15) is 0 Å². The van der Waals surface area contributed by atoms with E-state index in [-0.39, 0.29) is 16.6 Å². The number of nitrogens with zero attached hydrogens (tertiary/aromatic N) is 1. The molecule has 8 heteroatoms. The van der Waals surface area contributed by atoms with Crippen molar-refractivity contribution in [1.82, 2.24) is 0 Å². The first-order valence-electron chi connectivity index (χ1n) is 10.3. The number of ketones is 1. The van der Waals surface area contributed by atoms with Gasteiger partial charge in [-0.3, -0.25) is 13.9 Å². The van der Waals surface area contributed by atoms with Crippen LogP contribution in [-0.4, -0.2) is 33.3 Å². The second-order valence-electron chi connectivity index (χ2n) is 7.66. The maximum atomic E-state index is 12.9. The second-order valence-corrected chi connectivity index (χ2v) is 9.63. The number of nitrogens with one attached hydrogen (secondary N) is 1. The monoisotopic (exact) mass is 466 g/mol. The fourth-order valence-electron chi connectivity index (χ4n) is 3.03. The van der Waals surface area contributed by atoms with Crippen LogP contribution in [0.25, 0.3) is 0 Å². The summed E-state index contributed by atoms with van der Waals surface area (Å²) in [5.41, 5.74) is 2.56. The number of ether oxygens (including phenoxy) is 1. The molecule has 0 unspecified atom stereocenters. The van der Waals surface area contributed by atoms with Crippen molar-refractivity contribution in [1.29, 1.82) is 0 Å². The smallest absolute Gasteiger partial charge is 0.265 e. The third-order valence-corrected chi connectivity index (χ3v) is 6.92. The summed E-state index contributed by atoms with van der Waals surface area (Å²) in [5, 5.41) is 2.74. The van der Waals surface area contributed by atoms with E-state index in [4.69, 9.17) is 4.74 Å². The first-order valence-corrected chi connectivity index (χ1v) is 11.8. The normalized spacial score (nSPS) is 12.0. The van der Waals surface area contributed by atoms with Crippen molar-refractivity contribution in [3.63, 3.8) is 0 Å². The number of benzene rings is 3. The van der Waals surface area contributed by atoms with Gasteiger partial charge >= 0.3 is 0 Å². The molecule has 0 saturated heterocycles. The molecule has 0 saturated carbocycles. The Morgan fingerprint density at radius 1 is 0.909 bits per heavy atom. The summed E-state index contributed by atoms with van der Waals surface area (Å²) >= 11 is 0. The largest absolute Gasteiger partial charge is 0.481 e. The van der Waals surface area contributed by atoms with Gasteiger partial charge in [0.1, 0.15) is 5.75 Å². The lowest BCUT2D eigenvalue weighted by Gasteiger charge is -2.20. The molecule has 0 radical (unpaired) electrons. The number of Topliss-reactive ketones (excluding diaryl/α,β-unsaturated/α-hetero) is 1. The number of aryl methyl sites for hydroxylation is 1. The molecule has 0 fully saturated rings. The maximum Gasteiger partial charge on any atom is 0.265 e. The number of carbonyl (C=O) groups excluding carboxylic acids is 2. The molecule has 0 aliphatic heterocycles. The predicted molar refractivity (Wildman–Crippen MR) is 128 cm³/mol. The Labute approximate surface area is 194 Å². The van der Waals surface area contributed by atoms with E-state index in [1.54, 1.807) is 79.7 Å². The van der Waals surface area contributed by atoms with E-state index in [1.165, 1.54) is 18.3 Å². The molecular weight excluding hydrogens is 440 g/mol. The number of anilines is 2. The van der Waals surface area contributed by atoms with Gasteiger partial charge < -0.3 is 10.1 Å². The summed E-state index contributed by atoms with van der Waals surface area (Å²) in [4.78, 5) is 24.0. The zero-order valence-corrected chi connectivity index (χ0v) is 19.7. The van der Waals surface area contributed by atoms with Crippen molar-refractivity contribution >= 4 is 33.1 Å². The Kier molecular flexibility index (Phi) is 7.18. The molecule has 0 heterocycles. The third-order valence-electron chi connectivity index (χ3n) is 5.12. The van der Waals surface area contributed by atoms with Gasteiger partial charge in [0.15, 0.2) is 11.9 Å². The van der Waals surface area contributed by atoms with E-state index in [0.717, 1.165) is 5.56 Å². The molecule has 0 aliphatic rings. The zero-order chi connectivity index (χ0) is 24.2. The van der Waals surface area contributed by atoms with E-state index in [2.05, 4.69) is 5.32 Å². The highest BCUT2D eigenvalue weighted by atomic mass is 32.2. The van der Waals surface area contributed by atoms with E-state index in [0.29, 0.717) is 22.7 Å². The molecule has 1 amide bonds. The standard InChI is InChI=1S/C25H26N2O5S/c1-17-5-15-24(16-6-17)33(30,31)27(4)22-11-13-23(14-12-22)32-19(3)25(29)26-21-9-7-20(8-10-21)18(2)28/h5-16,19H,1-4H3,(H,26,29)/t19-/m0/s1. The Balaban J connectivity index is 1.64. The van der Waals surface area contributed by atoms with Crippen molar-refractivity contribution in [2.24, 2.45) is 0 Å². The minimum atomic E-state index is -3.69.